The summed E-state index contributed by atoms with van der Waals surface area (Å²) in [6.45, 7) is 0. The number of hydrazine groups is 1. The van der Waals surface area contributed by atoms with Crippen LogP contribution in [0.4, 0.5) is 0 Å². The van der Waals surface area contributed by atoms with E-state index in [1.54, 1.807) is 0 Å². The lowest BCUT2D eigenvalue weighted by atomic mass is 9.96. The molecule has 1 amide bonds. The first-order valence-corrected chi connectivity index (χ1v) is 8.02. The zero-order chi connectivity index (χ0) is 15.9. The number of nitrogens with one attached hydrogen (secondary N) is 5. The molecule has 0 aliphatic heterocycles. The number of rotatable bonds is 3. The molecule has 120 valence electrons. The molecule has 1 fully saturated rings. The van der Waals surface area contributed by atoms with E-state index in [2.05, 4.69) is 26.1 Å². The van der Waals surface area contributed by atoms with Gasteiger partial charge in [0.25, 0.3) is 5.56 Å². The van der Waals surface area contributed by atoms with Crippen molar-refractivity contribution in [3.8, 4) is 0 Å². The van der Waals surface area contributed by atoms with Crippen LogP contribution in [0.15, 0.2) is 10.9 Å². The van der Waals surface area contributed by atoms with Crippen LogP contribution in [0.2, 0.25) is 0 Å². The molecule has 2 rings (SSSR count). The van der Waals surface area contributed by atoms with Gasteiger partial charge in [0, 0.05) is 17.8 Å². The molecule has 0 unspecified atom stereocenters. The molecule has 0 radical (unpaired) electrons. The summed E-state index contributed by atoms with van der Waals surface area (Å²) in [7, 11) is 0. The summed E-state index contributed by atoms with van der Waals surface area (Å²) in [5.41, 5.74) is 5.28. The van der Waals surface area contributed by atoms with Crippen LogP contribution in [-0.2, 0) is 11.2 Å². The second-order valence-electron chi connectivity index (χ2n) is 5.27. The van der Waals surface area contributed by atoms with Crippen LogP contribution >= 0.6 is 24.4 Å². The minimum absolute atomic E-state index is 0.00655. The van der Waals surface area contributed by atoms with Gasteiger partial charge < -0.3 is 10.3 Å². The van der Waals surface area contributed by atoms with Crippen LogP contribution in [0.25, 0.3) is 0 Å². The number of carbonyl (C=O) groups is 1. The molecule has 22 heavy (non-hydrogen) atoms. The summed E-state index contributed by atoms with van der Waals surface area (Å²) in [5, 5.41) is 3.58. The van der Waals surface area contributed by atoms with Gasteiger partial charge >= 0.3 is 0 Å². The van der Waals surface area contributed by atoms with Gasteiger partial charge in [-0.2, -0.15) is 0 Å². The number of aromatic amines is 2. The molecule has 1 aromatic heterocycles. The second-order valence-corrected chi connectivity index (χ2v) is 6.09. The molecule has 1 aliphatic rings. The summed E-state index contributed by atoms with van der Waals surface area (Å²) >= 11 is 9.99. The van der Waals surface area contributed by atoms with Gasteiger partial charge in [0.1, 0.15) is 0 Å². The van der Waals surface area contributed by atoms with Crippen LogP contribution in [0.3, 0.4) is 0 Å². The maximum atomic E-state index is 11.8. The van der Waals surface area contributed by atoms with Crippen molar-refractivity contribution >= 4 is 35.5 Å². The van der Waals surface area contributed by atoms with E-state index in [-0.39, 0.29) is 22.7 Å². The van der Waals surface area contributed by atoms with Crippen molar-refractivity contribution in [2.75, 3.05) is 0 Å². The summed E-state index contributed by atoms with van der Waals surface area (Å²) in [5.74, 6) is -0.316. The first-order chi connectivity index (χ1) is 10.5. The molecule has 1 saturated carbocycles. The third kappa shape index (κ3) is 5.57. The lowest BCUT2D eigenvalue weighted by Gasteiger charge is -2.24. The van der Waals surface area contributed by atoms with Crippen LogP contribution in [0, 0.1) is 4.77 Å². The van der Waals surface area contributed by atoms with Gasteiger partial charge in [-0.05, 0) is 37.3 Å². The van der Waals surface area contributed by atoms with E-state index in [0.717, 1.165) is 12.8 Å². The van der Waals surface area contributed by atoms with E-state index in [4.69, 9.17) is 24.4 Å². The van der Waals surface area contributed by atoms with Crippen LogP contribution in [0.1, 0.15) is 37.8 Å². The Kier molecular flexibility index (Phi) is 6.08. The SMILES string of the molecule is O=C(Cc1cc(=O)[nH]c(=S)[nH]1)NNC(=S)NC1CCCCC1. The van der Waals surface area contributed by atoms with Gasteiger partial charge in [-0.25, -0.2) is 0 Å². The van der Waals surface area contributed by atoms with Crippen molar-refractivity contribution in [2.24, 2.45) is 0 Å². The molecule has 0 aromatic carbocycles. The number of thiocarbonyl (C=S) groups is 1. The van der Waals surface area contributed by atoms with Gasteiger partial charge in [0.15, 0.2) is 9.88 Å². The summed E-state index contributed by atoms with van der Waals surface area (Å²) in [6, 6.07) is 1.67. The largest absolute Gasteiger partial charge is 0.359 e. The fourth-order valence-corrected chi connectivity index (χ4v) is 2.88. The summed E-state index contributed by atoms with van der Waals surface area (Å²) in [6.07, 6.45) is 5.88. The molecule has 0 bridgehead atoms. The van der Waals surface area contributed by atoms with Gasteiger partial charge in [-0.15, -0.1) is 0 Å². The number of aromatic nitrogens is 2. The molecule has 1 heterocycles. The molecule has 0 atom stereocenters. The molecule has 0 saturated heterocycles. The van der Waals surface area contributed by atoms with E-state index < -0.39 is 0 Å². The normalized spacial score (nSPS) is 15.1. The Balaban J connectivity index is 1.76. The van der Waals surface area contributed by atoms with Crippen molar-refractivity contribution in [1.82, 2.24) is 26.1 Å². The van der Waals surface area contributed by atoms with Gasteiger partial charge in [0.2, 0.25) is 5.91 Å². The third-order valence-corrected chi connectivity index (χ3v) is 3.85. The Labute approximate surface area is 138 Å². The van der Waals surface area contributed by atoms with E-state index >= 15 is 0 Å². The topological polar surface area (TPSA) is 102 Å². The van der Waals surface area contributed by atoms with Crippen molar-refractivity contribution in [3.63, 3.8) is 0 Å². The molecule has 0 spiro atoms. The highest BCUT2D eigenvalue weighted by Crippen LogP contribution is 2.16. The average Bonchev–Trinajstić information content (AvgIpc) is 2.45. The predicted octanol–water partition coefficient (Wildman–Crippen LogP) is 0.803. The number of hydrogen-bond acceptors (Lipinski definition) is 4. The molecule has 1 aromatic rings. The Hall–Kier alpha value is -1.74. The molecular formula is C13H19N5O2S2. The van der Waals surface area contributed by atoms with Gasteiger partial charge in [-0.3, -0.25) is 25.4 Å². The Morgan fingerprint density at radius 2 is 1.95 bits per heavy atom. The first-order valence-electron chi connectivity index (χ1n) is 7.21. The maximum absolute atomic E-state index is 11.8. The fourth-order valence-electron chi connectivity index (χ4n) is 2.43. The minimum Gasteiger partial charge on any atom is -0.359 e. The molecule has 7 nitrogen and oxygen atoms in total. The maximum Gasteiger partial charge on any atom is 0.251 e. The molecule has 5 N–H and O–H groups in total. The number of amides is 1. The highest BCUT2D eigenvalue weighted by molar-refractivity contribution is 7.80. The standard InChI is InChI=1S/C13H19N5O2S2/c19-10-6-9(15-12(21)16-10)7-11(20)17-18-13(22)14-8-4-2-1-3-5-8/h6,8H,1-5,7H2,(H,17,20)(H2,14,18,22)(H2,15,16,19,21). The smallest absolute Gasteiger partial charge is 0.251 e. The zero-order valence-corrected chi connectivity index (χ0v) is 13.7. The lowest BCUT2D eigenvalue weighted by Crippen LogP contribution is -2.50. The Morgan fingerprint density at radius 1 is 1.23 bits per heavy atom. The highest BCUT2D eigenvalue weighted by Gasteiger charge is 2.14. The third-order valence-electron chi connectivity index (χ3n) is 3.42. The van der Waals surface area contributed by atoms with Crippen molar-refractivity contribution in [3.05, 3.63) is 26.9 Å². The second kappa shape index (κ2) is 8.04. The minimum atomic E-state index is -0.339. The van der Waals surface area contributed by atoms with E-state index in [9.17, 15) is 9.59 Å². The van der Waals surface area contributed by atoms with Gasteiger partial charge in [0.05, 0.1) is 6.42 Å². The highest BCUT2D eigenvalue weighted by atomic mass is 32.1. The molecule has 9 heteroatoms. The average molecular weight is 341 g/mol. The zero-order valence-electron chi connectivity index (χ0n) is 12.0. The van der Waals surface area contributed by atoms with Crippen LogP contribution < -0.4 is 21.7 Å². The van der Waals surface area contributed by atoms with Crippen LogP contribution in [0.5, 0.6) is 0 Å². The van der Waals surface area contributed by atoms with Gasteiger partial charge in [-0.1, -0.05) is 19.3 Å². The van der Waals surface area contributed by atoms with E-state index in [1.165, 1.54) is 25.3 Å². The molecular weight excluding hydrogens is 322 g/mol. The number of carbonyl (C=O) groups excluding carboxylic acids is 1. The first kappa shape index (κ1) is 16.6. The molecule has 1 aliphatic carbocycles. The fraction of sp³-hybridized carbons (Fsp3) is 0.538. The Bertz CT molecular complexity index is 620. The summed E-state index contributed by atoms with van der Waals surface area (Å²) < 4.78 is 0.192. The Morgan fingerprint density at radius 3 is 2.64 bits per heavy atom. The lowest BCUT2D eigenvalue weighted by molar-refractivity contribution is -0.121. The van der Waals surface area contributed by atoms with Crippen molar-refractivity contribution in [2.45, 2.75) is 44.6 Å². The number of hydrogen-bond donors (Lipinski definition) is 5. The summed E-state index contributed by atoms with van der Waals surface area (Å²) in [4.78, 5) is 28.2. The quantitative estimate of drug-likeness (QED) is 0.412. The van der Waals surface area contributed by atoms with Crippen molar-refractivity contribution < 1.29 is 4.79 Å². The van der Waals surface area contributed by atoms with Crippen molar-refractivity contribution in [1.29, 1.82) is 0 Å². The predicted molar refractivity (Wildman–Crippen MR) is 89.8 cm³/mol. The van der Waals surface area contributed by atoms with E-state index in [1.807, 2.05) is 0 Å². The van der Waals surface area contributed by atoms with E-state index in [0.29, 0.717) is 16.8 Å². The van der Waals surface area contributed by atoms with Crippen LogP contribution in [-0.4, -0.2) is 27.0 Å². The monoisotopic (exact) mass is 341 g/mol. The number of H-pyrrole nitrogens is 2.